The summed E-state index contributed by atoms with van der Waals surface area (Å²) in [5.74, 6) is -0.229. The Bertz CT molecular complexity index is 596. The van der Waals surface area contributed by atoms with Crippen molar-refractivity contribution in [1.82, 2.24) is 5.43 Å². The van der Waals surface area contributed by atoms with Crippen LogP contribution in [0.4, 0.5) is 5.69 Å². The van der Waals surface area contributed by atoms with Crippen molar-refractivity contribution in [2.24, 2.45) is 5.73 Å². The number of nitrogens with one attached hydrogen (secondary N) is 1. The Hall–Kier alpha value is -2.34. The summed E-state index contributed by atoms with van der Waals surface area (Å²) < 4.78 is 5.01. The van der Waals surface area contributed by atoms with Gasteiger partial charge >= 0.3 is 5.91 Å². The Morgan fingerprint density at radius 3 is 2.74 bits per heavy atom. The summed E-state index contributed by atoms with van der Waals surface area (Å²) in [5, 5.41) is 1.39. The van der Waals surface area contributed by atoms with E-state index >= 15 is 0 Å². The highest BCUT2D eigenvalue weighted by Crippen LogP contribution is 2.14. The number of hydrogen-bond acceptors (Lipinski definition) is 3. The molecule has 1 aromatic carbocycles. The topological polar surface area (TPSA) is 71.5 Å². The van der Waals surface area contributed by atoms with Crippen LogP contribution in [0.3, 0.4) is 0 Å². The summed E-state index contributed by atoms with van der Waals surface area (Å²) >= 11 is 4.95. The molecule has 98 valence electrons. The summed E-state index contributed by atoms with van der Waals surface area (Å²) in [4.78, 5) is 11.9. The zero-order chi connectivity index (χ0) is 13.8. The third-order valence-corrected chi connectivity index (χ3v) is 2.62. The Kier molecular flexibility index (Phi) is 3.82. The number of benzene rings is 1. The second-order valence-corrected chi connectivity index (χ2v) is 4.35. The first-order valence-corrected chi connectivity index (χ1v) is 5.99. The molecule has 0 saturated carbocycles. The molecule has 1 amide bonds. The first-order chi connectivity index (χ1) is 9.08. The van der Waals surface area contributed by atoms with Crippen LogP contribution in [0.5, 0.6) is 0 Å². The minimum Gasteiger partial charge on any atom is -0.459 e. The van der Waals surface area contributed by atoms with E-state index < -0.39 is 5.91 Å². The number of furan rings is 1. The van der Waals surface area contributed by atoms with Gasteiger partial charge in [-0.2, -0.15) is 0 Å². The van der Waals surface area contributed by atoms with Crippen molar-refractivity contribution in [3.05, 3.63) is 54.0 Å². The van der Waals surface area contributed by atoms with Crippen molar-refractivity contribution in [2.45, 2.75) is 6.92 Å². The molecule has 0 fully saturated rings. The number of carbonyl (C=O) groups is 1. The Morgan fingerprint density at radius 2 is 2.16 bits per heavy atom. The largest absolute Gasteiger partial charge is 0.459 e. The highest BCUT2D eigenvalue weighted by atomic mass is 32.1. The number of aryl methyl sites for hydroxylation is 1. The lowest BCUT2D eigenvalue weighted by Crippen LogP contribution is -2.49. The van der Waals surface area contributed by atoms with Gasteiger partial charge in [0.25, 0.3) is 0 Å². The van der Waals surface area contributed by atoms with Gasteiger partial charge in [-0.05, 0) is 49.0 Å². The van der Waals surface area contributed by atoms with Crippen molar-refractivity contribution in [3.8, 4) is 0 Å². The molecule has 0 aliphatic rings. The van der Waals surface area contributed by atoms with Gasteiger partial charge in [-0.15, -0.1) is 0 Å². The van der Waals surface area contributed by atoms with Crippen molar-refractivity contribution >= 4 is 28.9 Å². The number of carbonyl (C=O) groups excluding carboxylic acids is 1. The summed E-state index contributed by atoms with van der Waals surface area (Å²) in [5.41, 5.74) is 9.95. The Morgan fingerprint density at radius 1 is 1.37 bits per heavy atom. The zero-order valence-electron chi connectivity index (χ0n) is 10.3. The van der Waals surface area contributed by atoms with Gasteiger partial charge in [0.1, 0.15) is 0 Å². The monoisotopic (exact) mass is 275 g/mol. The van der Waals surface area contributed by atoms with Gasteiger partial charge in [-0.3, -0.25) is 10.2 Å². The Labute approximate surface area is 116 Å². The molecule has 5 nitrogen and oxygen atoms in total. The quantitative estimate of drug-likeness (QED) is 0.648. The van der Waals surface area contributed by atoms with E-state index in [0.717, 1.165) is 5.56 Å². The SMILES string of the molecule is Cc1cccc(N(NC(=O)c2ccco2)C(N)=S)c1. The summed E-state index contributed by atoms with van der Waals surface area (Å²) in [7, 11) is 0. The van der Waals surface area contributed by atoms with Crippen molar-refractivity contribution in [1.29, 1.82) is 0 Å². The maximum atomic E-state index is 11.9. The molecule has 1 heterocycles. The van der Waals surface area contributed by atoms with E-state index in [0.29, 0.717) is 5.69 Å². The third kappa shape index (κ3) is 3.11. The van der Waals surface area contributed by atoms with Crippen LogP contribution < -0.4 is 16.2 Å². The van der Waals surface area contributed by atoms with Gasteiger partial charge < -0.3 is 10.2 Å². The second kappa shape index (κ2) is 5.53. The highest BCUT2D eigenvalue weighted by Gasteiger charge is 2.16. The number of amides is 1. The third-order valence-electron chi connectivity index (χ3n) is 2.44. The Balaban J connectivity index is 2.22. The van der Waals surface area contributed by atoms with Crippen LogP contribution in [0.2, 0.25) is 0 Å². The summed E-state index contributed by atoms with van der Waals surface area (Å²) in [6.45, 7) is 1.94. The van der Waals surface area contributed by atoms with Gasteiger partial charge in [0, 0.05) is 0 Å². The maximum Gasteiger partial charge on any atom is 0.305 e. The van der Waals surface area contributed by atoms with Gasteiger partial charge in [0.05, 0.1) is 12.0 Å². The number of nitrogens with zero attached hydrogens (tertiary/aromatic N) is 1. The molecule has 0 atom stereocenters. The number of nitrogens with two attached hydrogens (primary N) is 1. The van der Waals surface area contributed by atoms with Crippen LogP contribution >= 0.6 is 12.2 Å². The molecule has 6 heteroatoms. The van der Waals surface area contributed by atoms with Crippen LogP contribution in [0.15, 0.2) is 47.1 Å². The number of hydrogen-bond donors (Lipinski definition) is 2. The van der Waals surface area contributed by atoms with Crippen molar-refractivity contribution in [2.75, 3.05) is 5.01 Å². The standard InChI is InChI=1S/C13H13N3O2S/c1-9-4-2-5-10(8-9)16(13(14)19)15-12(17)11-6-3-7-18-11/h2-8H,1H3,(H2,14,19)(H,15,17). The van der Waals surface area contributed by atoms with Crippen molar-refractivity contribution < 1.29 is 9.21 Å². The predicted molar refractivity (Wildman–Crippen MR) is 76.6 cm³/mol. The fraction of sp³-hybridized carbons (Fsp3) is 0.0769. The molecule has 3 N–H and O–H groups in total. The van der Waals surface area contributed by atoms with Gasteiger partial charge in [-0.25, -0.2) is 5.01 Å². The molecule has 0 saturated heterocycles. The van der Waals surface area contributed by atoms with E-state index in [1.807, 2.05) is 25.1 Å². The normalized spacial score (nSPS) is 9.95. The number of rotatable bonds is 2. The van der Waals surface area contributed by atoms with Crippen LogP contribution in [0, 0.1) is 6.92 Å². The smallest absolute Gasteiger partial charge is 0.305 e. The zero-order valence-corrected chi connectivity index (χ0v) is 11.1. The first-order valence-electron chi connectivity index (χ1n) is 5.58. The average molecular weight is 275 g/mol. The highest BCUT2D eigenvalue weighted by molar-refractivity contribution is 7.80. The van der Waals surface area contributed by atoms with Gasteiger partial charge in [0.15, 0.2) is 10.9 Å². The van der Waals surface area contributed by atoms with Gasteiger partial charge in [-0.1, -0.05) is 12.1 Å². The van der Waals surface area contributed by atoms with E-state index in [-0.39, 0.29) is 10.9 Å². The average Bonchev–Trinajstić information content (AvgIpc) is 2.89. The number of hydrazine groups is 1. The molecular formula is C13H13N3O2S. The molecule has 0 unspecified atom stereocenters. The molecule has 0 spiro atoms. The van der Waals surface area contributed by atoms with Crippen molar-refractivity contribution in [3.63, 3.8) is 0 Å². The molecule has 1 aromatic heterocycles. The lowest BCUT2D eigenvalue weighted by Gasteiger charge is -2.23. The maximum absolute atomic E-state index is 11.9. The molecule has 19 heavy (non-hydrogen) atoms. The molecule has 2 aromatic rings. The fourth-order valence-corrected chi connectivity index (χ4v) is 1.73. The molecule has 0 radical (unpaired) electrons. The number of thiocarbonyl (C=S) groups is 1. The minimum atomic E-state index is -0.417. The van der Waals surface area contributed by atoms with Crippen LogP contribution in [-0.4, -0.2) is 11.0 Å². The van der Waals surface area contributed by atoms with E-state index in [1.165, 1.54) is 11.3 Å². The molecule has 0 bridgehead atoms. The summed E-state index contributed by atoms with van der Waals surface area (Å²) in [6, 6.07) is 10.6. The number of anilines is 1. The molecular weight excluding hydrogens is 262 g/mol. The molecule has 2 rings (SSSR count). The second-order valence-electron chi connectivity index (χ2n) is 3.93. The minimum absolute atomic E-state index is 0.0468. The van der Waals surface area contributed by atoms with E-state index in [9.17, 15) is 4.79 Å². The fourth-order valence-electron chi connectivity index (χ4n) is 1.58. The lowest BCUT2D eigenvalue weighted by atomic mass is 10.2. The van der Waals surface area contributed by atoms with E-state index in [4.69, 9.17) is 22.4 Å². The van der Waals surface area contributed by atoms with E-state index in [1.54, 1.807) is 18.2 Å². The lowest BCUT2D eigenvalue weighted by molar-refractivity contribution is 0.0927. The van der Waals surface area contributed by atoms with Crippen LogP contribution in [0.1, 0.15) is 16.1 Å². The van der Waals surface area contributed by atoms with Crippen LogP contribution in [-0.2, 0) is 0 Å². The first kappa shape index (κ1) is 13.1. The summed E-state index contributed by atoms with van der Waals surface area (Å²) in [6.07, 6.45) is 1.42. The molecule has 0 aliphatic carbocycles. The molecule has 0 aliphatic heterocycles. The van der Waals surface area contributed by atoms with E-state index in [2.05, 4.69) is 5.43 Å². The van der Waals surface area contributed by atoms with Gasteiger partial charge in [0.2, 0.25) is 0 Å². The van der Waals surface area contributed by atoms with Crippen LogP contribution in [0.25, 0.3) is 0 Å². The predicted octanol–water partition coefficient (Wildman–Crippen LogP) is 1.98.